The Bertz CT molecular complexity index is 689. The number of benzene rings is 2. The second-order valence-corrected chi connectivity index (χ2v) is 5.36. The van der Waals surface area contributed by atoms with E-state index in [1.807, 2.05) is 41.3 Å². The van der Waals surface area contributed by atoms with Crippen LogP contribution in [0.4, 0.5) is 5.69 Å². The summed E-state index contributed by atoms with van der Waals surface area (Å²) in [6.07, 6.45) is 2.85. The Kier molecular flexibility index (Phi) is 3.57. The van der Waals surface area contributed by atoms with Gasteiger partial charge in [0.15, 0.2) is 0 Å². The van der Waals surface area contributed by atoms with Gasteiger partial charge < -0.3 is 4.90 Å². The summed E-state index contributed by atoms with van der Waals surface area (Å²) < 4.78 is 0. The number of rotatable bonds is 2. The van der Waals surface area contributed by atoms with Crippen LogP contribution in [-0.4, -0.2) is 18.7 Å². The topological polar surface area (TPSA) is 37.4 Å². The average molecular weight is 279 g/mol. The Balaban J connectivity index is 1.98. The van der Waals surface area contributed by atoms with Crippen LogP contribution in [-0.2, 0) is 11.2 Å². The van der Waals surface area contributed by atoms with Crippen molar-refractivity contribution in [1.82, 2.24) is 0 Å². The predicted octanol–water partition coefficient (Wildman–Crippen LogP) is 3.47. The highest BCUT2D eigenvalue weighted by atomic mass is 16.2. The largest absolute Gasteiger partial charge is 0.312 e. The first-order valence-electron chi connectivity index (χ1n) is 7.15. The molecule has 0 atom stereocenters. The maximum Gasteiger partial charge on any atom is 0.223 e. The summed E-state index contributed by atoms with van der Waals surface area (Å²) in [6, 6.07) is 13.8. The summed E-state index contributed by atoms with van der Waals surface area (Å²) in [7, 11) is 0. The van der Waals surface area contributed by atoms with Gasteiger partial charge in [0.1, 0.15) is 6.29 Å². The highest BCUT2D eigenvalue weighted by Gasteiger charge is 2.20. The van der Waals surface area contributed by atoms with E-state index >= 15 is 0 Å². The maximum atomic E-state index is 11.7. The van der Waals surface area contributed by atoms with Crippen LogP contribution in [0.1, 0.15) is 29.3 Å². The molecule has 0 unspecified atom stereocenters. The molecule has 1 heterocycles. The molecular weight excluding hydrogens is 262 g/mol. The number of nitrogens with zero attached hydrogens (tertiary/aromatic N) is 1. The normalized spacial score (nSPS) is 13.7. The van der Waals surface area contributed by atoms with Crippen LogP contribution in [0.15, 0.2) is 42.5 Å². The zero-order valence-electron chi connectivity index (χ0n) is 12.0. The van der Waals surface area contributed by atoms with Crippen molar-refractivity contribution in [3.05, 3.63) is 53.6 Å². The minimum atomic E-state index is 0.0963. The van der Waals surface area contributed by atoms with Gasteiger partial charge in [0.25, 0.3) is 0 Å². The van der Waals surface area contributed by atoms with Gasteiger partial charge in [-0.25, -0.2) is 0 Å². The average Bonchev–Trinajstić information content (AvgIpc) is 2.53. The van der Waals surface area contributed by atoms with Gasteiger partial charge in [-0.15, -0.1) is 0 Å². The van der Waals surface area contributed by atoms with Crippen molar-refractivity contribution in [1.29, 1.82) is 0 Å². The van der Waals surface area contributed by atoms with E-state index in [4.69, 9.17) is 0 Å². The van der Waals surface area contributed by atoms with Gasteiger partial charge in [-0.1, -0.05) is 30.3 Å². The summed E-state index contributed by atoms with van der Waals surface area (Å²) in [5, 5.41) is 0. The van der Waals surface area contributed by atoms with Gasteiger partial charge in [0, 0.05) is 24.7 Å². The number of aryl methyl sites for hydroxylation is 1. The molecule has 106 valence electrons. The van der Waals surface area contributed by atoms with E-state index in [9.17, 15) is 9.59 Å². The number of aldehydes is 1. The molecule has 0 aliphatic carbocycles. The zero-order valence-corrected chi connectivity index (χ0v) is 12.0. The number of hydrogen-bond acceptors (Lipinski definition) is 2. The van der Waals surface area contributed by atoms with Crippen LogP contribution in [0.25, 0.3) is 11.1 Å². The molecule has 3 nitrogen and oxygen atoms in total. The van der Waals surface area contributed by atoms with Gasteiger partial charge in [0.2, 0.25) is 5.91 Å². The standard InChI is InChI=1S/C18H17NO2/c1-13(21)19-10-2-3-17-11-16(8-9-18(17)19)15-6-4-14(12-20)5-7-15/h4-9,11-12H,2-3,10H2,1H3. The lowest BCUT2D eigenvalue weighted by molar-refractivity contribution is -0.116. The van der Waals surface area contributed by atoms with Crippen molar-refractivity contribution in [3.8, 4) is 11.1 Å². The van der Waals surface area contributed by atoms with Gasteiger partial charge in [-0.3, -0.25) is 9.59 Å². The predicted molar refractivity (Wildman–Crippen MR) is 83.6 cm³/mol. The molecule has 0 aromatic heterocycles. The smallest absolute Gasteiger partial charge is 0.223 e. The Morgan fingerprint density at radius 2 is 1.81 bits per heavy atom. The van der Waals surface area contributed by atoms with Gasteiger partial charge in [0.05, 0.1) is 0 Å². The highest BCUT2D eigenvalue weighted by molar-refractivity contribution is 5.93. The van der Waals surface area contributed by atoms with Gasteiger partial charge >= 0.3 is 0 Å². The lowest BCUT2D eigenvalue weighted by Crippen LogP contribution is -2.33. The molecule has 3 heteroatoms. The van der Waals surface area contributed by atoms with Gasteiger partial charge in [-0.05, 0) is 41.7 Å². The quantitative estimate of drug-likeness (QED) is 0.789. The summed E-state index contributed by atoms with van der Waals surface area (Å²) in [6.45, 7) is 2.41. The fraction of sp³-hybridized carbons (Fsp3) is 0.222. The van der Waals surface area contributed by atoms with Crippen molar-refractivity contribution in [2.24, 2.45) is 0 Å². The molecule has 3 rings (SSSR count). The van der Waals surface area contributed by atoms with E-state index < -0.39 is 0 Å². The zero-order chi connectivity index (χ0) is 14.8. The fourth-order valence-corrected chi connectivity index (χ4v) is 2.86. The number of carbonyl (C=O) groups excluding carboxylic acids is 2. The third kappa shape index (κ3) is 2.59. The van der Waals surface area contributed by atoms with E-state index in [0.29, 0.717) is 5.56 Å². The van der Waals surface area contributed by atoms with Crippen molar-refractivity contribution in [2.75, 3.05) is 11.4 Å². The number of fused-ring (bicyclic) bond motifs is 1. The Labute approximate surface area is 124 Å². The van der Waals surface area contributed by atoms with Crippen molar-refractivity contribution in [2.45, 2.75) is 19.8 Å². The van der Waals surface area contributed by atoms with E-state index in [1.54, 1.807) is 6.92 Å². The van der Waals surface area contributed by atoms with Crippen molar-refractivity contribution in [3.63, 3.8) is 0 Å². The van der Waals surface area contributed by atoms with Crippen molar-refractivity contribution < 1.29 is 9.59 Å². The summed E-state index contributed by atoms with van der Waals surface area (Å²) in [4.78, 5) is 24.2. The van der Waals surface area contributed by atoms with Crippen LogP contribution in [0.2, 0.25) is 0 Å². The number of carbonyl (C=O) groups is 2. The third-order valence-corrected chi connectivity index (χ3v) is 3.96. The first kappa shape index (κ1) is 13.6. The molecule has 1 aliphatic rings. The number of anilines is 1. The van der Waals surface area contributed by atoms with Crippen LogP contribution in [0, 0.1) is 0 Å². The molecule has 1 aliphatic heterocycles. The van der Waals surface area contributed by atoms with Gasteiger partial charge in [-0.2, -0.15) is 0 Å². The number of hydrogen-bond donors (Lipinski definition) is 0. The first-order chi connectivity index (χ1) is 10.2. The van der Waals surface area contributed by atoms with Crippen LogP contribution in [0.3, 0.4) is 0 Å². The molecular formula is C18H17NO2. The summed E-state index contributed by atoms with van der Waals surface area (Å²) >= 11 is 0. The first-order valence-corrected chi connectivity index (χ1v) is 7.15. The molecule has 0 spiro atoms. The van der Waals surface area contributed by atoms with Crippen LogP contribution >= 0.6 is 0 Å². The minimum absolute atomic E-state index is 0.0963. The molecule has 0 saturated carbocycles. The summed E-state index contributed by atoms with van der Waals surface area (Å²) in [5.74, 6) is 0.0963. The fourth-order valence-electron chi connectivity index (χ4n) is 2.86. The highest BCUT2D eigenvalue weighted by Crippen LogP contribution is 2.31. The molecule has 0 bridgehead atoms. The molecule has 0 N–H and O–H groups in total. The second kappa shape index (κ2) is 5.52. The molecule has 2 aromatic rings. The Morgan fingerprint density at radius 1 is 1.10 bits per heavy atom. The van der Waals surface area contributed by atoms with Crippen LogP contribution in [0.5, 0.6) is 0 Å². The van der Waals surface area contributed by atoms with E-state index in [-0.39, 0.29) is 5.91 Å². The van der Waals surface area contributed by atoms with E-state index in [1.165, 1.54) is 5.56 Å². The SMILES string of the molecule is CC(=O)N1CCCc2cc(-c3ccc(C=O)cc3)ccc21. The third-order valence-electron chi connectivity index (χ3n) is 3.96. The monoisotopic (exact) mass is 279 g/mol. The second-order valence-electron chi connectivity index (χ2n) is 5.36. The Hall–Kier alpha value is -2.42. The molecule has 2 aromatic carbocycles. The lowest BCUT2D eigenvalue weighted by Gasteiger charge is -2.29. The molecule has 1 amide bonds. The summed E-state index contributed by atoms with van der Waals surface area (Å²) in [5.41, 5.74) is 5.13. The minimum Gasteiger partial charge on any atom is -0.312 e. The molecule has 0 saturated heterocycles. The van der Waals surface area contributed by atoms with Crippen LogP contribution < -0.4 is 4.90 Å². The van der Waals surface area contributed by atoms with E-state index in [0.717, 1.165) is 42.5 Å². The Morgan fingerprint density at radius 3 is 2.48 bits per heavy atom. The molecule has 0 fully saturated rings. The lowest BCUT2D eigenvalue weighted by atomic mass is 9.96. The molecule has 0 radical (unpaired) electrons. The van der Waals surface area contributed by atoms with E-state index in [2.05, 4.69) is 6.07 Å². The maximum absolute atomic E-state index is 11.7. The number of amides is 1. The van der Waals surface area contributed by atoms with Crippen molar-refractivity contribution >= 4 is 17.9 Å². The molecule has 21 heavy (non-hydrogen) atoms.